The Balaban J connectivity index is 1.81. The fraction of sp³-hybridized carbons (Fsp3) is 0.421. The second-order valence-electron chi connectivity index (χ2n) is 6.34. The predicted molar refractivity (Wildman–Crippen MR) is 93.3 cm³/mol. The lowest BCUT2D eigenvalue weighted by Crippen LogP contribution is -2.45. The van der Waals surface area contributed by atoms with Gasteiger partial charge in [0.15, 0.2) is 0 Å². The molecule has 0 aliphatic carbocycles. The maximum absolute atomic E-state index is 12.8. The van der Waals surface area contributed by atoms with E-state index in [1.165, 1.54) is 4.90 Å². The van der Waals surface area contributed by atoms with Gasteiger partial charge in [0.25, 0.3) is 11.7 Å². The van der Waals surface area contributed by atoms with Crippen LogP contribution in [-0.2, 0) is 14.3 Å². The molecule has 6 nitrogen and oxygen atoms in total. The first-order chi connectivity index (χ1) is 12.0. The Morgan fingerprint density at radius 1 is 1.28 bits per heavy atom. The average Bonchev–Trinajstić information content (AvgIpc) is 2.96. The number of likely N-dealkylation sites (tertiary alicyclic amines) is 1. The Bertz CT molecular complexity index is 824. The summed E-state index contributed by atoms with van der Waals surface area (Å²) in [6.07, 6.45) is 1.37. The van der Waals surface area contributed by atoms with Crippen molar-refractivity contribution < 1.29 is 19.1 Å². The quantitative estimate of drug-likeness (QED) is 0.526. The zero-order valence-electron chi connectivity index (χ0n) is 14.5. The molecule has 1 N–H and O–H groups in total. The number of fused-ring (bicyclic) bond motifs is 1. The topological polar surface area (TPSA) is 79.5 Å². The van der Waals surface area contributed by atoms with Gasteiger partial charge in [-0.1, -0.05) is 18.2 Å². The molecule has 0 radical (unpaired) electrons. The highest BCUT2D eigenvalue weighted by Gasteiger charge is 2.33. The van der Waals surface area contributed by atoms with Gasteiger partial charge in [0.2, 0.25) is 0 Å². The summed E-state index contributed by atoms with van der Waals surface area (Å²) in [5.74, 6) is -1.73. The van der Waals surface area contributed by atoms with E-state index in [9.17, 15) is 14.4 Å². The number of nitrogens with one attached hydrogen (secondary N) is 1. The molecule has 1 amide bonds. The van der Waals surface area contributed by atoms with Gasteiger partial charge < -0.3 is 14.6 Å². The second-order valence-corrected chi connectivity index (χ2v) is 6.34. The Labute approximate surface area is 146 Å². The predicted octanol–water partition coefficient (Wildman–Crippen LogP) is 2.46. The minimum atomic E-state index is -0.554. The van der Waals surface area contributed by atoms with Gasteiger partial charge in [-0.15, -0.1) is 0 Å². The number of H-pyrrole nitrogens is 1. The van der Waals surface area contributed by atoms with Crippen molar-refractivity contribution in [1.82, 2.24) is 9.88 Å². The molecule has 25 heavy (non-hydrogen) atoms. The molecule has 1 aromatic carbocycles. The van der Waals surface area contributed by atoms with Crippen molar-refractivity contribution in [1.29, 1.82) is 0 Å². The van der Waals surface area contributed by atoms with Gasteiger partial charge in [0, 0.05) is 29.7 Å². The van der Waals surface area contributed by atoms with E-state index < -0.39 is 11.7 Å². The number of aryl methyl sites for hydroxylation is 1. The Morgan fingerprint density at radius 3 is 2.80 bits per heavy atom. The van der Waals surface area contributed by atoms with Gasteiger partial charge in [0.05, 0.1) is 18.1 Å². The number of nitrogens with zero attached hydrogens (tertiary/aromatic N) is 1. The molecule has 0 bridgehead atoms. The number of ether oxygens (including phenoxy) is 1. The number of ketones is 1. The molecule has 6 heteroatoms. The van der Waals surface area contributed by atoms with Crippen LogP contribution >= 0.6 is 0 Å². The number of carbonyl (C=O) groups excluding carboxylic acids is 3. The van der Waals surface area contributed by atoms with Crippen molar-refractivity contribution in [2.45, 2.75) is 26.7 Å². The van der Waals surface area contributed by atoms with E-state index >= 15 is 0 Å². The smallest absolute Gasteiger partial charge is 0.310 e. The Hall–Kier alpha value is -2.63. The van der Waals surface area contributed by atoms with Crippen LogP contribution in [0.3, 0.4) is 0 Å². The van der Waals surface area contributed by atoms with Crippen molar-refractivity contribution in [3.05, 3.63) is 35.5 Å². The molecular weight excluding hydrogens is 320 g/mol. The van der Waals surface area contributed by atoms with E-state index in [4.69, 9.17) is 4.74 Å². The summed E-state index contributed by atoms with van der Waals surface area (Å²) >= 11 is 0. The third kappa shape index (κ3) is 3.29. The number of benzene rings is 1. The fourth-order valence-corrected chi connectivity index (χ4v) is 3.43. The molecule has 1 aliphatic rings. The summed E-state index contributed by atoms with van der Waals surface area (Å²) in [6.45, 7) is 4.59. The van der Waals surface area contributed by atoms with E-state index in [0.29, 0.717) is 37.3 Å². The van der Waals surface area contributed by atoms with Gasteiger partial charge in [-0.25, -0.2) is 0 Å². The SMILES string of the molecule is CCOC(=O)C1CCCN(C(=O)C(=O)c2c(C)[nH]c3ccccc23)C1. The Morgan fingerprint density at radius 2 is 2.04 bits per heavy atom. The highest BCUT2D eigenvalue weighted by molar-refractivity contribution is 6.45. The van der Waals surface area contributed by atoms with E-state index in [1.807, 2.05) is 24.3 Å². The van der Waals surface area contributed by atoms with Gasteiger partial charge in [-0.3, -0.25) is 14.4 Å². The molecule has 1 saturated heterocycles. The lowest BCUT2D eigenvalue weighted by molar-refractivity contribution is -0.150. The number of amides is 1. The molecule has 3 rings (SSSR count). The second kappa shape index (κ2) is 7.09. The number of hydrogen-bond acceptors (Lipinski definition) is 4. The molecule has 1 unspecified atom stereocenters. The summed E-state index contributed by atoms with van der Waals surface area (Å²) in [7, 11) is 0. The van der Waals surface area contributed by atoms with Crippen LogP contribution in [0.2, 0.25) is 0 Å². The van der Waals surface area contributed by atoms with Gasteiger partial charge in [-0.05, 0) is 32.8 Å². The van der Waals surface area contributed by atoms with E-state index in [2.05, 4.69) is 4.98 Å². The van der Waals surface area contributed by atoms with Crippen molar-refractivity contribution in [2.75, 3.05) is 19.7 Å². The van der Waals surface area contributed by atoms with E-state index in [0.717, 1.165) is 10.9 Å². The van der Waals surface area contributed by atoms with Crippen LogP contribution in [0.5, 0.6) is 0 Å². The van der Waals surface area contributed by atoms with Crippen LogP contribution in [0.4, 0.5) is 0 Å². The molecule has 132 valence electrons. The standard InChI is InChI=1S/C19H22N2O4/c1-3-25-19(24)13-7-6-10-21(11-13)18(23)17(22)16-12(2)20-15-9-5-4-8-14(15)16/h4-5,8-9,13,20H,3,6-7,10-11H2,1-2H3. The lowest BCUT2D eigenvalue weighted by Gasteiger charge is -2.31. The normalized spacial score (nSPS) is 17.5. The number of aromatic nitrogens is 1. The number of Topliss-reactive ketones (excluding diaryl/α,β-unsaturated/α-hetero) is 1. The number of esters is 1. The third-order valence-corrected chi connectivity index (χ3v) is 4.64. The van der Waals surface area contributed by atoms with E-state index in [1.54, 1.807) is 13.8 Å². The summed E-state index contributed by atoms with van der Waals surface area (Å²) < 4.78 is 5.05. The highest BCUT2D eigenvalue weighted by atomic mass is 16.5. The summed E-state index contributed by atoms with van der Waals surface area (Å²) in [5.41, 5.74) is 1.93. The molecule has 2 aromatic rings. The highest BCUT2D eigenvalue weighted by Crippen LogP contribution is 2.24. The average molecular weight is 342 g/mol. The van der Waals surface area contributed by atoms with Crippen molar-refractivity contribution in [3.63, 3.8) is 0 Å². The Kier molecular flexibility index (Phi) is 4.88. The van der Waals surface area contributed by atoms with Crippen LogP contribution in [-0.4, -0.2) is 47.2 Å². The minimum absolute atomic E-state index is 0.241. The van der Waals surface area contributed by atoms with Gasteiger partial charge in [-0.2, -0.15) is 0 Å². The molecule has 1 aromatic heterocycles. The minimum Gasteiger partial charge on any atom is -0.466 e. The van der Waals surface area contributed by atoms with Crippen LogP contribution in [0.25, 0.3) is 10.9 Å². The zero-order valence-corrected chi connectivity index (χ0v) is 14.5. The zero-order chi connectivity index (χ0) is 18.0. The summed E-state index contributed by atoms with van der Waals surface area (Å²) in [4.78, 5) is 42.1. The van der Waals surface area contributed by atoms with E-state index in [-0.39, 0.29) is 18.4 Å². The number of carbonyl (C=O) groups is 3. The number of para-hydroxylation sites is 1. The summed E-state index contributed by atoms with van der Waals surface area (Å²) in [6, 6.07) is 7.43. The number of hydrogen-bond donors (Lipinski definition) is 1. The lowest BCUT2D eigenvalue weighted by atomic mass is 9.97. The van der Waals surface area contributed by atoms with Crippen molar-refractivity contribution >= 4 is 28.6 Å². The largest absolute Gasteiger partial charge is 0.466 e. The van der Waals surface area contributed by atoms with Crippen LogP contribution < -0.4 is 0 Å². The van der Waals surface area contributed by atoms with Crippen LogP contribution in [0, 0.1) is 12.8 Å². The van der Waals surface area contributed by atoms with Crippen LogP contribution in [0.1, 0.15) is 35.8 Å². The first kappa shape index (κ1) is 17.2. The van der Waals surface area contributed by atoms with Gasteiger partial charge in [0.1, 0.15) is 0 Å². The number of aromatic amines is 1. The van der Waals surface area contributed by atoms with Gasteiger partial charge >= 0.3 is 5.97 Å². The molecule has 1 atom stereocenters. The molecule has 1 aliphatic heterocycles. The first-order valence-corrected chi connectivity index (χ1v) is 8.60. The van der Waals surface area contributed by atoms with Crippen LogP contribution in [0.15, 0.2) is 24.3 Å². The molecule has 1 fully saturated rings. The number of rotatable bonds is 4. The fourth-order valence-electron chi connectivity index (χ4n) is 3.43. The first-order valence-electron chi connectivity index (χ1n) is 8.60. The summed E-state index contributed by atoms with van der Waals surface area (Å²) in [5, 5.41) is 0.748. The molecular formula is C19H22N2O4. The van der Waals surface area contributed by atoms with Crippen molar-refractivity contribution in [3.8, 4) is 0 Å². The molecule has 0 saturated carbocycles. The van der Waals surface area contributed by atoms with Crippen molar-refractivity contribution in [2.24, 2.45) is 5.92 Å². The third-order valence-electron chi connectivity index (χ3n) is 4.64. The monoisotopic (exact) mass is 342 g/mol. The molecule has 2 heterocycles. The number of piperidine rings is 1. The maximum atomic E-state index is 12.8. The maximum Gasteiger partial charge on any atom is 0.310 e. The molecule has 0 spiro atoms.